The maximum Gasteiger partial charge on any atom is 0.240 e. The van der Waals surface area contributed by atoms with E-state index in [2.05, 4.69) is 26.9 Å². The fourth-order valence-corrected chi connectivity index (χ4v) is 3.87. The van der Waals surface area contributed by atoms with Gasteiger partial charge in [-0.05, 0) is 66.9 Å². The lowest BCUT2D eigenvalue weighted by Crippen LogP contribution is -2.30. The highest BCUT2D eigenvalue weighted by molar-refractivity contribution is 7.89. The van der Waals surface area contributed by atoms with Gasteiger partial charge in [0.25, 0.3) is 0 Å². The molecule has 1 heterocycles. The topological polar surface area (TPSA) is 58.2 Å². The third-order valence-corrected chi connectivity index (χ3v) is 5.28. The van der Waals surface area contributed by atoms with Crippen LogP contribution in [0.2, 0.25) is 0 Å². The molecule has 0 saturated carbocycles. The van der Waals surface area contributed by atoms with Crippen molar-refractivity contribution in [3.05, 3.63) is 46.7 Å². The van der Waals surface area contributed by atoms with E-state index in [0.29, 0.717) is 4.90 Å². The molecule has 2 rings (SSSR count). The predicted molar refractivity (Wildman–Crippen MR) is 88.4 cm³/mol. The summed E-state index contributed by atoms with van der Waals surface area (Å²) in [6, 6.07) is 8.83. The van der Waals surface area contributed by atoms with Crippen LogP contribution >= 0.6 is 11.3 Å². The van der Waals surface area contributed by atoms with Crippen LogP contribution in [-0.4, -0.2) is 21.0 Å². The number of hydrogen-bond donors (Lipinski definition) is 2. The molecular weight excluding hydrogens is 304 g/mol. The zero-order valence-corrected chi connectivity index (χ0v) is 13.8. The zero-order valence-electron chi connectivity index (χ0n) is 12.2. The summed E-state index contributed by atoms with van der Waals surface area (Å²) in [5.74, 6) is 0. The summed E-state index contributed by atoms with van der Waals surface area (Å²) in [6.45, 7) is 4.43. The highest BCUT2D eigenvalue weighted by Gasteiger charge is 2.14. The Morgan fingerprint density at radius 1 is 1.14 bits per heavy atom. The van der Waals surface area contributed by atoms with Gasteiger partial charge in [0.05, 0.1) is 4.90 Å². The van der Waals surface area contributed by atoms with Crippen molar-refractivity contribution in [2.45, 2.75) is 31.2 Å². The molecule has 0 aliphatic heterocycles. The summed E-state index contributed by atoms with van der Waals surface area (Å²) in [5.41, 5.74) is 2.24. The molecule has 4 nitrogen and oxygen atoms in total. The monoisotopic (exact) mass is 324 g/mol. The van der Waals surface area contributed by atoms with Gasteiger partial charge in [0.2, 0.25) is 10.0 Å². The van der Waals surface area contributed by atoms with E-state index in [1.165, 1.54) is 5.56 Å². The van der Waals surface area contributed by atoms with Crippen molar-refractivity contribution in [3.63, 3.8) is 0 Å². The van der Waals surface area contributed by atoms with Gasteiger partial charge in [-0.25, -0.2) is 13.1 Å². The summed E-state index contributed by atoms with van der Waals surface area (Å²) >= 11 is 1.69. The van der Waals surface area contributed by atoms with Crippen molar-refractivity contribution in [3.8, 4) is 0 Å². The number of thiophene rings is 1. The lowest BCUT2D eigenvalue weighted by atomic mass is 10.2. The summed E-state index contributed by atoms with van der Waals surface area (Å²) in [6.07, 6.45) is 0.957. The first-order chi connectivity index (χ1) is 9.97. The number of rotatable bonds is 7. The molecule has 21 heavy (non-hydrogen) atoms. The molecule has 0 aliphatic carbocycles. The van der Waals surface area contributed by atoms with E-state index in [4.69, 9.17) is 0 Å². The quantitative estimate of drug-likeness (QED) is 0.823. The van der Waals surface area contributed by atoms with Crippen molar-refractivity contribution >= 4 is 27.0 Å². The molecule has 114 valence electrons. The molecule has 0 bridgehead atoms. The van der Waals surface area contributed by atoms with Crippen LogP contribution in [0.5, 0.6) is 0 Å². The number of anilines is 1. The molecule has 0 saturated heterocycles. The Balaban J connectivity index is 1.92. The maximum absolute atomic E-state index is 12.0. The molecule has 6 heteroatoms. The average molecular weight is 324 g/mol. The van der Waals surface area contributed by atoms with E-state index in [-0.39, 0.29) is 6.04 Å². The first-order valence-electron chi connectivity index (χ1n) is 6.85. The molecular formula is C15H20N2O2S2. The molecule has 1 aromatic heterocycles. The summed E-state index contributed by atoms with van der Waals surface area (Å²) in [4.78, 5) is 0.291. The Kier molecular flexibility index (Phi) is 5.39. The van der Waals surface area contributed by atoms with Crippen LogP contribution in [0, 0.1) is 0 Å². The summed E-state index contributed by atoms with van der Waals surface area (Å²) in [7, 11) is -3.41. The van der Waals surface area contributed by atoms with E-state index < -0.39 is 10.0 Å². The van der Waals surface area contributed by atoms with Gasteiger partial charge < -0.3 is 5.32 Å². The third kappa shape index (κ3) is 4.84. The van der Waals surface area contributed by atoms with Crippen molar-refractivity contribution in [1.82, 2.24) is 4.72 Å². The van der Waals surface area contributed by atoms with Crippen LogP contribution in [-0.2, 0) is 16.4 Å². The van der Waals surface area contributed by atoms with Gasteiger partial charge in [0.15, 0.2) is 0 Å². The smallest absolute Gasteiger partial charge is 0.240 e. The number of sulfonamides is 1. The van der Waals surface area contributed by atoms with E-state index in [9.17, 15) is 8.42 Å². The third-order valence-electron chi connectivity index (χ3n) is 2.88. The minimum atomic E-state index is -3.41. The largest absolute Gasteiger partial charge is 0.385 e. The van der Waals surface area contributed by atoms with Gasteiger partial charge in [-0.3, -0.25) is 0 Å². The summed E-state index contributed by atoms with van der Waals surface area (Å²) in [5, 5.41) is 7.49. The van der Waals surface area contributed by atoms with Crippen molar-refractivity contribution in [1.29, 1.82) is 0 Å². The zero-order chi connectivity index (χ0) is 15.3. The fourth-order valence-electron chi connectivity index (χ4n) is 1.92. The van der Waals surface area contributed by atoms with Crippen molar-refractivity contribution < 1.29 is 8.42 Å². The van der Waals surface area contributed by atoms with Gasteiger partial charge >= 0.3 is 0 Å². The predicted octanol–water partition coefficient (Wildman–Crippen LogP) is 3.09. The van der Waals surface area contributed by atoms with Gasteiger partial charge in [0.1, 0.15) is 0 Å². The van der Waals surface area contributed by atoms with E-state index in [1.807, 2.05) is 0 Å². The molecule has 0 amide bonds. The Labute approximate surface area is 130 Å². The highest BCUT2D eigenvalue weighted by Crippen LogP contribution is 2.15. The van der Waals surface area contributed by atoms with Gasteiger partial charge in [-0.1, -0.05) is 0 Å². The second-order valence-corrected chi connectivity index (χ2v) is 7.60. The molecule has 0 radical (unpaired) electrons. The second kappa shape index (κ2) is 7.06. The van der Waals surface area contributed by atoms with Crippen LogP contribution in [0.15, 0.2) is 46.0 Å². The Morgan fingerprint density at radius 3 is 2.43 bits per heavy atom. The lowest BCUT2D eigenvalue weighted by molar-refractivity contribution is 0.570. The molecule has 2 aromatic rings. The molecule has 0 fully saturated rings. The fraction of sp³-hybridized carbons (Fsp3) is 0.333. The van der Waals surface area contributed by atoms with Crippen LogP contribution in [0.3, 0.4) is 0 Å². The lowest BCUT2D eigenvalue weighted by Gasteiger charge is -2.10. The van der Waals surface area contributed by atoms with Crippen LogP contribution in [0.4, 0.5) is 5.69 Å². The Morgan fingerprint density at radius 2 is 1.86 bits per heavy atom. The molecule has 1 aromatic carbocycles. The highest BCUT2D eigenvalue weighted by atomic mass is 32.2. The maximum atomic E-state index is 12.0. The Bertz CT molecular complexity index is 647. The van der Waals surface area contributed by atoms with E-state index in [0.717, 1.165) is 18.7 Å². The minimum Gasteiger partial charge on any atom is -0.385 e. The molecule has 2 N–H and O–H groups in total. The molecule has 0 aliphatic rings. The van der Waals surface area contributed by atoms with Crippen LogP contribution in [0.25, 0.3) is 0 Å². The minimum absolute atomic E-state index is 0.113. The SMILES string of the molecule is CC(C)NS(=O)(=O)c1ccc(NCCc2ccsc2)cc1. The van der Waals surface area contributed by atoms with Crippen molar-refractivity contribution in [2.75, 3.05) is 11.9 Å². The number of hydrogen-bond acceptors (Lipinski definition) is 4. The summed E-state index contributed by atoms with van der Waals surface area (Å²) < 4.78 is 26.6. The van der Waals surface area contributed by atoms with Gasteiger partial charge in [-0.2, -0.15) is 11.3 Å². The van der Waals surface area contributed by atoms with Gasteiger partial charge in [-0.15, -0.1) is 0 Å². The number of benzene rings is 1. The molecule has 0 unspecified atom stereocenters. The Hall–Kier alpha value is -1.37. The van der Waals surface area contributed by atoms with Crippen molar-refractivity contribution in [2.24, 2.45) is 0 Å². The standard InChI is InChI=1S/C15H20N2O2S2/c1-12(2)17-21(18,19)15-5-3-14(4-6-15)16-9-7-13-8-10-20-11-13/h3-6,8,10-12,16-17H,7,9H2,1-2H3. The van der Waals surface area contributed by atoms with Crippen LogP contribution in [0.1, 0.15) is 19.4 Å². The molecule has 0 atom stereocenters. The van der Waals surface area contributed by atoms with Gasteiger partial charge in [0, 0.05) is 18.3 Å². The van der Waals surface area contributed by atoms with Crippen LogP contribution < -0.4 is 10.0 Å². The van der Waals surface area contributed by atoms with E-state index in [1.54, 1.807) is 49.4 Å². The average Bonchev–Trinajstić information content (AvgIpc) is 2.91. The molecule has 0 spiro atoms. The normalized spacial score (nSPS) is 11.8. The second-order valence-electron chi connectivity index (χ2n) is 5.11. The number of nitrogens with one attached hydrogen (secondary N) is 2. The van der Waals surface area contributed by atoms with E-state index >= 15 is 0 Å². The first-order valence-corrected chi connectivity index (χ1v) is 9.27. The first kappa shape index (κ1) is 16.0.